The summed E-state index contributed by atoms with van der Waals surface area (Å²) >= 11 is 0. The van der Waals surface area contributed by atoms with E-state index in [4.69, 9.17) is 5.73 Å². The van der Waals surface area contributed by atoms with Crippen molar-refractivity contribution in [3.05, 3.63) is 11.9 Å². The largest absolute Gasteiger partial charge is 0.384 e. The van der Waals surface area contributed by atoms with Gasteiger partial charge in [-0.05, 0) is 19.9 Å². The van der Waals surface area contributed by atoms with E-state index >= 15 is 0 Å². The lowest BCUT2D eigenvalue weighted by Gasteiger charge is -2.19. The number of nitrogens with zero attached hydrogens (tertiary/aromatic N) is 3. The van der Waals surface area contributed by atoms with Gasteiger partial charge in [0.2, 0.25) is 0 Å². The Morgan fingerprint density at radius 3 is 2.63 bits per heavy atom. The van der Waals surface area contributed by atoms with Gasteiger partial charge in [0.25, 0.3) is 0 Å². The predicted molar refractivity (Wildman–Crippen MR) is 79.3 cm³/mol. The molecule has 1 saturated carbocycles. The highest BCUT2D eigenvalue weighted by Gasteiger charge is 2.25. The minimum absolute atomic E-state index is 0.0867. The van der Waals surface area contributed by atoms with Gasteiger partial charge in [-0.3, -0.25) is 0 Å². The average Bonchev–Trinajstić information content (AvgIpc) is 3.10. The summed E-state index contributed by atoms with van der Waals surface area (Å²) in [7, 11) is 2.17. The Bertz CT molecular complexity index is 434. The van der Waals surface area contributed by atoms with Gasteiger partial charge in [-0.1, -0.05) is 20.8 Å². The quantitative estimate of drug-likeness (QED) is 0.849. The lowest BCUT2D eigenvalue weighted by molar-refractivity contribution is 0.337. The van der Waals surface area contributed by atoms with Crippen molar-refractivity contribution in [3.8, 4) is 0 Å². The number of aromatic nitrogens is 2. The maximum absolute atomic E-state index is 5.84. The second-order valence-electron chi connectivity index (χ2n) is 6.39. The van der Waals surface area contributed by atoms with Crippen LogP contribution in [0.1, 0.15) is 39.4 Å². The highest BCUT2D eigenvalue weighted by atomic mass is 15.2. The monoisotopic (exact) mass is 263 g/mol. The topological polar surface area (TPSA) is 67.1 Å². The molecule has 0 spiro atoms. The van der Waals surface area contributed by atoms with Crippen molar-refractivity contribution < 1.29 is 0 Å². The Morgan fingerprint density at radius 2 is 2.05 bits per heavy atom. The number of hydrogen-bond acceptors (Lipinski definition) is 5. The Balaban J connectivity index is 1.93. The van der Waals surface area contributed by atoms with Crippen molar-refractivity contribution in [2.75, 3.05) is 31.2 Å². The number of nitrogens with one attached hydrogen (secondary N) is 1. The SMILES string of the molecule is CN(CCNc1cc(N)nc(C(C)(C)C)n1)C1CC1. The molecule has 1 fully saturated rings. The van der Waals surface area contributed by atoms with Crippen LogP contribution in [0.2, 0.25) is 0 Å². The summed E-state index contributed by atoms with van der Waals surface area (Å²) in [6.07, 6.45) is 2.68. The van der Waals surface area contributed by atoms with Crippen LogP contribution in [0.3, 0.4) is 0 Å². The molecule has 0 unspecified atom stereocenters. The first-order chi connectivity index (χ1) is 8.86. The van der Waals surface area contributed by atoms with Gasteiger partial charge in [0.1, 0.15) is 17.5 Å². The van der Waals surface area contributed by atoms with Crippen molar-refractivity contribution in [3.63, 3.8) is 0 Å². The highest BCUT2D eigenvalue weighted by Crippen LogP contribution is 2.25. The minimum Gasteiger partial charge on any atom is -0.384 e. The molecule has 2 rings (SSSR count). The summed E-state index contributed by atoms with van der Waals surface area (Å²) in [5.74, 6) is 2.13. The van der Waals surface area contributed by atoms with E-state index in [0.717, 1.165) is 30.8 Å². The molecule has 1 aliphatic carbocycles. The standard InChI is InChI=1S/C14H25N5/c1-14(2,3)13-17-11(15)9-12(18-13)16-7-8-19(4)10-5-6-10/h9-10H,5-8H2,1-4H3,(H3,15,16,17,18). The van der Waals surface area contributed by atoms with Crippen molar-refractivity contribution >= 4 is 11.6 Å². The van der Waals surface area contributed by atoms with Crippen LogP contribution in [0.15, 0.2) is 6.07 Å². The lowest BCUT2D eigenvalue weighted by Crippen LogP contribution is -2.27. The van der Waals surface area contributed by atoms with E-state index < -0.39 is 0 Å². The second kappa shape index (κ2) is 5.33. The summed E-state index contributed by atoms with van der Waals surface area (Å²) < 4.78 is 0. The van der Waals surface area contributed by atoms with Crippen LogP contribution in [0.5, 0.6) is 0 Å². The molecule has 0 amide bonds. The Kier molecular flexibility index (Phi) is 3.94. The molecule has 1 aromatic heterocycles. The molecule has 1 aromatic rings. The maximum atomic E-state index is 5.84. The van der Waals surface area contributed by atoms with Gasteiger partial charge in [0.05, 0.1) is 0 Å². The van der Waals surface area contributed by atoms with Crippen LogP contribution < -0.4 is 11.1 Å². The molecular weight excluding hydrogens is 238 g/mol. The second-order valence-corrected chi connectivity index (χ2v) is 6.39. The first kappa shape index (κ1) is 14.1. The fourth-order valence-electron chi connectivity index (χ4n) is 1.95. The number of nitrogen functional groups attached to an aromatic ring is 1. The van der Waals surface area contributed by atoms with Gasteiger partial charge in [-0.2, -0.15) is 0 Å². The van der Waals surface area contributed by atoms with Gasteiger partial charge < -0.3 is 16.0 Å². The van der Waals surface area contributed by atoms with Gasteiger partial charge in [-0.15, -0.1) is 0 Å². The molecular formula is C14H25N5. The van der Waals surface area contributed by atoms with E-state index in [2.05, 4.69) is 48.0 Å². The minimum atomic E-state index is -0.0867. The van der Waals surface area contributed by atoms with Gasteiger partial charge >= 0.3 is 0 Å². The van der Waals surface area contributed by atoms with Crippen molar-refractivity contribution in [1.82, 2.24) is 14.9 Å². The van der Waals surface area contributed by atoms with E-state index in [1.165, 1.54) is 12.8 Å². The Hall–Kier alpha value is -1.36. The van der Waals surface area contributed by atoms with Crippen molar-refractivity contribution in [2.45, 2.75) is 45.1 Å². The zero-order chi connectivity index (χ0) is 14.0. The van der Waals surface area contributed by atoms with Gasteiger partial charge in [-0.25, -0.2) is 9.97 Å². The van der Waals surface area contributed by atoms with E-state index in [1.807, 2.05) is 0 Å². The summed E-state index contributed by atoms with van der Waals surface area (Å²) in [5.41, 5.74) is 5.76. The lowest BCUT2D eigenvalue weighted by atomic mass is 9.96. The molecule has 0 aliphatic heterocycles. The first-order valence-corrected chi connectivity index (χ1v) is 6.95. The van der Waals surface area contributed by atoms with E-state index in [1.54, 1.807) is 6.07 Å². The third kappa shape index (κ3) is 4.06. The molecule has 0 aromatic carbocycles. The summed E-state index contributed by atoms with van der Waals surface area (Å²) in [4.78, 5) is 11.2. The number of likely N-dealkylation sites (N-methyl/N-ethyl adjacent to an activating group) is 1. The van der Waals surface area contributed by atoms with Crippen molar-refractivity contribution in [2.24, 2.45) is 0 Å². The van der Waals surface area contributed by atoms with E-state index in [0.29, 0.717) is 5.82 Å². The Morgan fingerprint density at radius 1 is 1.37 bits per heavy atom. The van der Waals surface area contributed by atoms with Crippen LogP contribution in [0, 0.1) is 0 Å². The van der Waals surface area contributed by atoms with Crippen LogP contribution in [0.4, 0.5) is 11.6 Å². The molecule has 0 atom stereocenters. The highest BCUT2D eigenvalue weighted by molar-refractivity contribution is 5.45. The average molecular weight is 263 g/mol. The predicted octanol–water partition coefficient (Wildman–Crippen LogP) is 1.86. The van der Waals surface area contributed by atoms with Crippen LogP contribution in [0.25, 0.3) is 0 Å². The van der Waals surface area contributed by atoms with Crippen LogP contribution in [-0.2, 0) is 5.41 Å². The molecule has 5 heteroatoms. The molecule has 0 saturated heterocycles. The number of rotatable bonds is 5. The smallest absolute Gasteiger partial charge is 0.138 e. The van der Waals surface area contributed by atoms with E-state index in [-0.39, 0.29) is 5.41 Å². The normalized spacial score (nSPS) is 15.8. The third-order valence-corrected chi connectivity index (χ3v) is 3.36. The molecule has 3 N–H and O–H groups in total. The molecule has 1 heterocycles. The number of anilines is 2. The number of nitrogens with two attached hydrogens (primary N) is 1. The summed E-state index contributed by atoms with van der Waals surface area (Å²) in [6.45, 7) is 8.18. The van der Waals surface area contributed by atoms with Crippen LogP contribution >= 0.6 is 0 Å². The van der Waals surface area contributed by atoms with Crippen LogP contribution in [-0.4, -0.2) is 41.0 Å². The van der Waals surface area contributed by atoms with E-state index in [9.17, 15) is 0 Å². The summed E-state index contributed by atoms with van der Waals surface area (Å²) in [5, 5.41) is 3.34. The van der Waals surface area contributed by atoms with Crippen molar-refractivity contribution in [1.29, 1.82) is 0 Å². The molecule has 1 aliphatic rings. The zero-order valence-electron chi connectivity index (χ0n) is 12.4. The molecule has 0 bridgehead atoms. The summed E-state index contributed by atoms with van der Waals surface area (Å²) in [6, 6.07) is 2.59. The molecule has 19 heavy (non-hydrogen) atoms. The van der Waals surface area contributed by atoms with Gasteiger partial charge in [0, 0.05) is 30.6 Å². The number of hydrogen-bond donors (Lipinski definition) is 2. The Labute approximate surface area is 115 Å². The first-order valence-electron chi connectivity index (χ1n) is 6.95. The van der Waals surface area contributed by atoms with Gasteiger partial charge in [0.15, 0.2) is 0 Å². The fourth-order valence-corrected chi connectivity index (χ4v) is 1.95. The molecule has 5 nitrogen and oxygen atoms in total. The third-order valence-electron chi connectivity index (χ3n) is 3.36. The maximum Gasteiger partial charge on any atom is 0.138 e. The molecule has 0 radical (unpaired) electrons. The fraction of sp³-hybridized carbons (Fsp3) is 0.714. The zero-order valence-corrected chi connectivity index (χ0v) is 12.4. The molecule has 106 valence electrons.